The third-order valence-corrected chi connectivity index (χ3v) is 4.24. The van der Waals surface area contributed by atoms with Gasteiger partial charge in [0, 0.05) is 30.7 Å². The molecule has 0 aliphatic carbocycles. The van der Waals surface area contributed by atoms with Gasteiger partial charge in [-0.1, -0.05) is 0 Å². The maximum atomic E-state index is 12.4. The molecule has 3 aromatic rings. The Bertz CT molecular complexity index is 915. The van der Waals surface area contributed by atoms with Crippen molar-refractivity contribution in [2.24, 2.45) is 0 Å². The number of aromatic nitrogens is 1. The van der Waals surface area contributed by atoms with Crippen LogP contribution in [0.25, 0.3) is 0 Å². The standard InChI is InChI=1S/C21H22N4O3/c1-3-25(4-2)19-12-7-15(14-22-19)20(26)23-16-8-10-17(11-9-16)24-21(27)18-6-5-13-28-18/h5-14H,3-4H2,1-2H3,(H,23,26)(H,24,27). The highest BCUT2D eigenvalue weighted by atomic mass is 16.3. The summed E-state index contributed by atoms with van der Waals surface area (Å²) >= 11 is 0. The molecule has 144 valence electrons. The van der Waals surface area contributed by atoms with Gasteiger partial charge in [-0.05, 0) is 62.4 Å². The molecule has 1 aromatic carbocycles. The molecule has 2 heterocycles. The van der Waals surface area contributed by atoms with E-state index in [9.17, 15) is 9.59 Å². The fraction of sp³-hybridized carbons (Fsp3) is 0.190. The molecule has 28 heavy (non-hydrogen) atoms. The van der Waals surface area contributed by atoms with E-state index in [1.54, 1.807) is 48.7 Å². The molecule has 0 saturated carbocycles. The van der Waals surface area contributed by atoms with E-state index in [0.29, 0.717) is 16.9 Å². The second kappa shape index (κ2) is 8.85. The number of hydrogen-bond donors (Lipinski definition) is 2. The number of benzene rings is 1. The first kappa shape index (κ1) is 19.2. The van der Waals surface area contributed by atoms with Gasteiger partial charge in [0.05, 0.1) is 11.8 Å². The summed E-state index contributed by atoms with van der Waals surface area (Å²) in [5.41, 5.74) is 1.70. The van der Waals surface area contributed by atoms with E-state index in [-0.39, 0.29) is 17.6 Å². The summed E-state index contributed by atoms with van der Waals surface area (Å²) in [6.07, 6.45) is 3.01. The zero-order chi connectivity index (χ0) is 19.9. The summed E-state index contributed by atoms with van der Waals surface area (Å²) in [5, 5.41) is 5.54. The summed E-state index contributed by atoms with van der Waals surface area (Å²) in [4.78, 5) is 30.8. The van der Waals surface area contributed by atoms with Gasteiger partial charge in [0.2, 0.25) is 0 Å². The molecule has 2 amide bonds. The molecule has 0 atom stereocenters. The lowest BCUT2D eigenvalue weighted by molar-refractivity contribution is 0.0994. The first-order valence-electron chi connectivity index (χ1n) is 9.08. The number of nitrogens with zero attached hydrogens (tertiary/aromatic N) is 2. The highest BCUT2D eigenvalue weighted by Crippen LogP contribution is 2.17. The Labute approximate surface area is 163 Å². The third-order valence-electron chi connectivity index (χ3n) is 4.24. The molecule has 3 rings (SSSR count). The molecule has 2 aromatic heterocycles. The van der Waals surface area contributed by atoms with E-state index in [2.05, 4.69) is 34.4 Å². The highest BCUT2D eigenvalue weighted by molar-refractivity contribution is 6.05. The quantitative estimate of drug-likeness (QED) is 0.648. The zero-order valence-electron chi connectivity index (χ0n) is 15.8. The van der Waals surface area contributed by atoms with Gasteiger partial charge in [-0.2, -0.15) is 0 Å². The molecular weight excluding hydrogens is 356 g/mol. The Balaban J connectivity index is 1.60. The number of nitrogens with one attached hydrogen (secondary N) is 2. The summed E-state index contributed by atoms with van der Waals surface area (Å²) in [7, 11) is 0. The van der Waals surface area contributed by atoms with Crippen LogP contribution in [0.4, 0.5) is 17.2 Å². The third kappa shape index (κ3) is 4.56. The minimum absolute atomic E-state index is 0.234. The molecule has 0 bridgehead atoms. The maximum absolute atomic E-state index is 12.4. The number of anilines is 3. The predicted molar refractivity (Wildman–Crippen MR) is 109 cm³/mol. The van der Waals surface area contributed by atoms with Crippen LogP contribution in [-0.2, 0) is 0 Å². The number of carbonyl (C=O) groups excluding carboxylic acids is 2. The smallest absolute Gasteiger partial charge is 0.291 e. The zero-order valence-corrected chi connectivity index (χ0v) is 15.8. The minimum Gasteiger partial charge on any atom is -0.459 e. The van der Waals surface area contributed by atoms with Crippen molar-refractivity contribution in [3.63, 3.8) is 0 Å². The van der Waals surface area contributed by atoms with Crippen molar-refractivity contribution in [1.82, 2.24) is 4.98 Å². The van der Waals surface area contributed by atoms with Crippen molar-refractivity contribution in [3.8, 4) is 0 Å². The van der Waals surface area contributed by atoms with Crippen LogP contribution >= 0.6 is 0 Å². The topological polar surface area (TPSA) is 87.5 Å². The molecule has 2 N–H and O–H groups in total. The average molecular weight is 378 g/mol. The molecular formula is C21H22N4O3. The normalized spacial score (nSPS) is 10.4. The lowest BCUT2D eigenvalue weighted by Gasteiger charge is -2.19. The van der Waals surface area contributed by atoms with Crippen LogP contribution < -0.4 is 15.5 Å². The largest absolute Gasteiger partial charge is 0.459 e. The molecule has 0 aliphatic rings. The number of rotatable bonds is 7. The summed E-state index contributed by atoms with van der Waals surface area (Å²) < 4.78 is 5.05. The minimum atomic E-state index is -0.332. The van der Waals surface area contributed by atoms with Crippen LogP contribution in [0.15, 0.2) is 65.4 Å². The van der Waals surface area contributed by atoms with Gasteiger partial charge >= 0.3 is 0 Å². The van der Waals surface area contributed by atoms with E-state index < -0.39 is 0 Å². The molecule has 0 unspecified atom stereocenters. The van der Waals surface area contributed by atoms with Crippen molar-refractivity contribution in [2.45, 2.75) is 13.8 Å². The molecule has 7 heteroatoms. The Morgan fingerprint density at radius 1 is 0.929 bits per heavy atom. The van der Waals surface area contributed by atoms with E-state index in [4.69, 9.17) is 4.42 Å². The first-order valence-corrected chi connectivity index (χ1v) is 9.08. The van der Waals surface area contributed by atoms with Crippen molar-refractivity contribution >= 4 is 29.0 Å². The van der Waals surface area contributed by atoms with Crippen LogP contribution in [-0.4, -0.2) is 29.9 Å². The second-order valence-electron chi connectivity index (χ2n) is 6.04. The molecule has 0 radical (unpaired) electrons. The van der Waals surface area contributed by atoms with Crippen molar-refractivity contribution in [3.05, 3.63) is 72.3 Å². The van der Waals surface area contributed by atoms with Crippen molar-refractivity contribution < 1.29 is 14.0 Å². The van der Waals surface area contributed by atoms with Gasteiger partial charge in [-0.3, -0.25) is 9.59 Å². The monoisotopic (exact) mass is 378 g/mol. The number of carbonyl (C=O) groups is 2. The lowest BCUT2D eigenvalue weighted by atomic mass is 10.2. The van der Waals surface area contributed by atoms with Crippen LogP contribution in [0.5, 0.6) is 0 Å². The fourth-order valence-electron chi connectivity index (χ4n) is 2.70. The van der Waals surface area contributed by atoms with Crippen LogP contribution in [0.3, 0.4) is 0 Å². The number of hydrogen-bond acceptors (Lipinski definition) is 5. The molecule has 0 spiro atoms. The summed E-state index contributed by atoms with van der Waals surface area (Å²) in [6, 6.07) is 13.7. The van der Waals surface area contributed by atoms with Crippen molar-refractivity contribution in [1.29, 1.82) is 0 Å². The van der Waals surface area contributed by atoms with E-state index in [1.807, 2.05) is 6.07 Å². The van der Waals surface area contributed by atoms with Gasteiger partial charge in [0.15, 0.2) is 5.76 Å². The predicted octanol–water partition coefficient (Wildman–Crippen LogP) is 4.03. The highest BCUT2D eigenvalue weighted by Gasteiger charge is 2.10. The van der Waals surface area contributed by atoms with Gasteiger partial charge < -0.3 is 20.0 Å². The van der Waals surface area contributed by atoms with Gasteiger partial charge in [0.1, 0.15) is 5.82 Å². The molecule has 0 saturated heterocycles. The van der Waals surface area contributed by atoms with E-state index in [0.717, 1.165) is 18.9 Å². The van der Waals surface area contributed by atoms with Gasteiger partial charge in [-0.15, -0.1) is 0 Å². The Morgan fingerprint density at radius 3 is 2.07 bits per heavy atom. The SMILES string of the molecule is CCN(CC)c1ccc(C(=O)Nc2ccc(NC(=O)c3ccco3)cc2)cn1. The van der Waals surface area contributed by atoms with Crippen molar-refractivity contribution in [2.75, 3.05) is 28.6 Å². The van der Waals surface area contributed by atoms with Gasteiger partial charge in [-0.25, -0.2) is 4.98 Å². The average Bonchev–Trinajstić information content (AvgIpc) is 3.26. The summed E-state index contributed by atoms with van der Waals surface area (Å²) in [5.74, 6) is 0.503. The Morgan fingerprint density at radius 2 is 1.57 bits per heavy atom. The molecule has 0 aliphatic heterocycles. The van der Waals surface area contributed by atoms with Gasteiger partial charge in [0.25, 0.3) is 11.8 Å². The van der Waals surface area contributed by atoms with Crippen LogP contribution in [0.1, 0.15) is 34.8 Å². The number of amides is 2. The lowest BCUT2D eigenvalue weighted by Crippen LogP contribution is -2.23. The number of furan rings is 1. The van der Waals surface area contributed by atoms with Crippen LogP contribution in [0, 0.1) is 0 Å². The first-order chi connectivity index (χ1) is 13.6. The van der Waals surface area contributed by atoms with E-state index in [1.165, 1.54) is 6.26 Å². The molecule has 0 fully saturated rings. The summed E-state index contributed by atoms with van der Waals surface area (Å²) in [6.45, 7) is 5.84. The Hall–Kier alpha value is -3.61. The maximum Gasteiger partial charge on any atom is 0.291 e. The van der Waals surface area contributed by atoms with E-state index >= 15 is 0 Å². The number of pyridine rings is 1. The fourth-order valence-corrected chi connectivity index (χ4v) is 2.70. The Kier molecular flexibility index (Phi) is 6.06. The second-order valence-corrected chi connectivity index (χ2v) is 6.04. The van der Waals surface area contributed by atoms with Crippen LogP contribution in [0.2, 0.25) is 0 Å². The molecule has 7 nitrogen and oxygen atoms in total.